The van der Waals surface area contributed by atoms with Crippen LogP contribution in [-0.2, 0) is 6.54 Å². The topological polar surface area (TPSA) is 45.3 Å². The third kappa shape index (κ3) is 4.55. The van der Waals surface area contributed by atoms with Crippen molar-refractivity contribution in [3.8, 4) is 11.5 Å². The molecule has 0 N–H and O–H groups in total. The average Bonchev–Trinajstić information content (AvgIpc) is 2.78. The van der Waals surface area contributed by atoms with Crippen LogP contribution >= 0.6 is 0 Å². The second-order valence-corrected chi connectivity index (χ2v) is 9.13. The zero-order valence-corrected chi connectivity index (χ0v) is 19.0. The smallest absolute Gasteiger partial charge is 0.257 e. The lowest BCUT2D eigenvalue weighted by atomic mass is 9.92. The summed E-state index contributed by atoms with van der Waals surface area (Å²) < 4.78 is 10.7. The Hall–Kier alpha value is -2.57. The lowest BCUT2D eigenvalue weighted by molar-refractivity contribution is -0.0613. The molecule has 2 aromatic carbocycles. The fraction of sp³-hybridized carbons (Fsp3) is 0.480. The van der Waals surface area contributed by atoms with Crippen LogP contribution < -0.4 is 9.47 Å². The van der Waals surface area contributed by atoms with Gasteiger partial charge in [-0.25, -0.2) is 0 Å². The Labute approximate surface area is 185 Å². The highest BCUT2D eigenvalue weighted by Gasteiger charge is 2.43. The Balaban J connectivity index is 1.47. The zero-order valence-electron chi connectivity index (χ0n) is 19.0. The van der Waals surface area contributed by atoms with Gasteiger partial charge < -0.3 is 14.4 Å². The molecule has 0 spiro atoms. The van der Waals surface area contributed by atoms with Gasteiger partial charge in [0, 0.05) is 50.8 Å². The van der Waals surface area contributed by atoms with Crippen LogP contribution in [0.1, 0.15) is 29.8 Å². The average molecular weight is 424 g/mol. The summed E-state index contributed by atoms with van der Waals surface area (Å²) in [6, 6.07) is 16.1. The summed E-state index contributed by atoms with van der Waals surface area (Å²) in [4.78, 5) is 20.3. The first-order valence-electron chi connectivity index (χ1n) is 11.0. The van der Waals surface area contributed by atoms with Crippen molar-refractivity contribution in [1.29, 1.82) is 0 Å². The number of carbonyl (C=O) groups excluding carboxylic acids is 1. The standard InChI is InChI=1S/C25H33N3O3/c1-25(2)18-26(15-19-9-11-21(30-3)12-10-19)16-20-17-27(13-14-28(20)25)24(29)22-7-5-6-8-23(22)31-4/h5-12,20H,13-18H2,1-4H3/t20-/m1/s1. The number of ether oxygens (including phenoxy) is 2. The number of nitrogens with zero attached hydrogens (tertiary/aromatic N) is 3. The van der Waals surface area contributed by atoms with Gasteiger partial charge >= 0.3 is 0 Å². The van der Waals surface area contributed by atoms with Crippen molar-refractivity contribution >= 4 is 5.91 Å². The van der Waals surface area contributed by atoms with Crippen LogP contribution in [-0.4, -0.2) is 79.1 Å². The number of amides is 1. The van der Waals surface area contributed by atoms with Gasteiger partial charge in [-0.05, 0) is 43.7 Å². The van der Waals surface area contributed by atoms with Crippen molar-refractivity contribution in [3.63, 3.8) is 0 Å². The summed E-state index contributed by atoms with van der Waals surface area (Å²) in [5.41, 5.74) is 1.99. The van der Waals surface area contributed by atoms with E-state index in [1.54, 1.807) is 14.2 Å². The molecule has 0 saturated carbocycles. The lowest BCUT2D eigenvalue weighted by Crippen LogP contribution is -2.69. The third-order valence-corrected chi connectivity index (χ3v) is 6.53. The first-order valence-corrected chi connectivity index (χ1v) is 11.0. The van der Waals surface area contributed by atoms with Crippen LogP contribution in [0.25, 0.3) is 0 Å². The van der Waals surface area contributed by atoms with Crippen LogP contribution in [0.2, 0.25) is 0 Å². The van der Waals surface area contributed by atoms with Gasteiger partial charge in [0.05, 0.1) is 19.8 Å². The van der Waals surface area contributed by atoms with Crippen molar-refractivity contribution in [2.45, 2.75) is 32.0 Å². The van der Waals surface area contributed by atoms with Crippen LogP contribution in [0.3, 0.4) is 0 Å². The van der Waals surface area contributed by atoms with Crippen LogP contribution in [0, 0.1) is 0 Å². The van der Waals surface area contributed by atoms with Crippen molar-refractivity contribution in [2.75, 3.05) is 46.9 Å². The van der Waals surface area contributed by atoms with E-state index in [9.17, 15) is 4.79 Å². The number of para-hydroxylation sites is 1. The Bertz CT molecular complexity index is 912. The van der Waals surface area contributed by atoms with E-state index in [1.165, 1.54) is 5.56 Å². The van der Waals surface area contributed by atoms with Gasteiger partial charge in [0.25, 0.3) is 5.91 Å². The SMILES string of the molecule is COc1ccc(CN2C[C@@H]3CN(C(=O)c4ccccc4OC)CCN3C(C)(C)C2)cc1. The normalized spacial score (nSPS) is 21.4. The minimum absolute atomic E-state index is 0.0576. The van der Waals surface area contributed by atoms with Gasteiger partial charge in [0.1, 0.15) is 11.5 Å². The maximum Gasteiger partial charge on any atom is 0.257 e. The van der Waals surface area contributed by atoms with Crippen molar-refractivity contribution in [3.05, 3.63) is 59.7 Å². The molecule has 2 saturated heterocycles. The molecule has 4 rings (SSSR count). The first kappa shape index (κ1) is 21.7. The Morgan fingerprint density at radius 2 is 1.74 bits per heavy atom. The number of hydrogen-bond acceptors (Lipinski definition) is 5. The molecular formula is C25H33N3O3. The minimum Gasteiger partial charge on any atom is -0.497 e. The maximum atomic E-state index is 13.3. The van der Waals surface area contributed by atoms with Gasteiger partial charge in [-0.2, -0.15) is 0 Å². The number of rotatable bonds is 5. The van der Waals surface area contributed by atoms with Gasteiger partial charge in [-0.3, -0.25) is 14.6 Å². The fourth-order valence-electron chi connectivity index (χ4n) is 5.09. The molecule has 2 aromatic rings. The number of methoxy groups -OCH3 is 2. The molecule has 6 heteroatoms. The zero-order chi connectivity index (χ0) is 22.0. The lowest BCUT2D eigenvalue weighted by Gasteiger charge is -2.55. The molecule has 0 unspecified atom stereocenters. The molecule has 1 atom stereocenters. The van der Waals surface area contributed by atoms with Gasteiger partial charge in [0.15, 0.2) is 0 Å². The van der Waals surface area contributed by atoms with E-state index in [1.807, 2.05) is 41.3 Å². The molecule has 2 heterocycles. The van der Waals surface area contributed by atoms with E-state index in [0.717, 1.165) is 45.0 Å². The molecule has 2 fully saturated rings. The summed E-state index contributed by atoms with van der Waals surface area (Å²) in [6.45, 7) is 9.87. The Morgan fingerprint density at radius 1 is 1.00 bits per heavy atom. The molecule has 166 valence electrons. The quantitative estimate of drug-likeness (QED) is 0.739. The summed E-state index contributed by atoms with van der Waals surface area (Å²) in [6.07, 6.45) is 0. The molecule has 6 nitrogen and oxygen atoms in total. The van der Waals surface area contributed by atoms with Crippen molar-refractivity contribution in [2.24, 2.45) is 0 Å². The highest BCUT2D eigenvalue weighted by Crippen LogP contribution is 2.30. The second kappa shape index (κ2) is 8.89. The first-order chi connectivity index (χ1) is 14.9. The van der Waals surface area contributed by atoms with Gasteiger partial charge in [-0.1, -0.05) is 24.3 Å². The molecule has 1 amide bonds. The molecule has 0 bridgehead atoms. The highest BCUT2D eigenvalue weighted by atomic mass is 16.5. The molecular weight excluding hydrogens is 390 g/mol. The number of piperazine rings is 2. The van der Waals surface area contributed by atoms with Crippen molar-refractivity contribution in [1.82, 2.24) is 14.7 Å². The molecule has 2 aliphatic rings. The highest BCUT2D eigenvalue weighted by molar-refractivity contribution is 5.97. The summed E-state index contributed by atoms with van der Waals surface area (Å²) >= 11 is 0. The molecule has 0 radical (unpaired) electrons. The predicted molar refractivity (Wildman–Crippen MR) is 122 cm³/mol. The van der Waals surface area contributed by atoms with Gasteiger partial charge in [0.2, 0.25) is 0 Å². The molecule has 0 aliphatic carbocycles. The molecule has 0 aromatic heterocycles. The van der Waals surface area contributed by atoms with E-state index >= 15 is 0 Å². The summed E-state index contributed by atoms with van der Waals surface area (Å²) in [5.74, 6) is 1.58. The Morgan fingerprint density at radius 3 is 2.45 bits per heavy atom. The number of carbonyl (C=O) groups is 1. The van der Waals surface area contributed by atoms with Gasteiger partial charge in [-0.15, -0.1) is 0 Å². The minimum atomic E-state index is 0.0576. The fourth-order valence-corrected chi connectivity index (χ4v) is 5.09. The van der Waals surface area contributed by atoms with Crippen LogP contribution in [0.4, 0.5) is 0 Å². The van der Waals surface area contributed by atoms with E-state index in [0.29, 0.717) is 17.4 Å². The van der Waals surface area contributed by atoms with E-state index < -0.39 is 0 Å². The Kier molecular flexibility index (Phi) is 6.21. The van der Waals surface area contributed by atoms with Crippen LogP contribution in [0.15, 0.2) is 48.5 Å². The number of benzene rings is 2. The number of hydrogen-bond donors (Lipinski definition) is 0. The summed E-state index contributed by atoms with van der Waals surface area (Å²) in [5, 5.41) is 0. The second-order valence-electron chi connectivity index (χ2n) is 9.13. The summed E-state index contributed by atoms with van der Waals surface area (Å²) in [7, 11) is 3.31. The number of fused-ring (bicyclic) bond motifs is 1. The van der Waals surface area contributed by atoms with Crippen LogP contribution in [0.5, 0.6) is 11.5 Å². The third-order valence-electron chi connectivity index (χ3n) is 6.53. The van der Waals surface area contributed by atoms with Crippen molar-refractivity contribution < 1.29 is 14.3 Å². The molecule has 31 heavy (non-hydrogen) atoms. The largest absolute Gasteiger partial charge is 0.497 e. The van der Waals surface area contributed by atoms with E-state index in [-0.39, 0.29) is 11.4 Å². The van der Waals surface area contributed by atoms with E-state index in [4.69, 9.17) is 9.47 Å². The molecule has 2 aliphatic heterocycles. The van der Waals surface area contributed by atoms with E-state index in [2.05, 4.69) is 35.8 Å². The monoisotopic (exact) mass is 423 g/mol. The predicted octanol–water partition coefficient (Wildman–Crippen LogP) is 3.12. The maximum absolute atomic E-state index is 13.3.